The molecule has 1 aromatic rings. The number of nitrogens with one attached hydrogen (secondary N) is 2. The second-order valence-electron chi connectivity index (χ2n) is 5.42. The topological polar surface area (TPSA) is 95.5 Å². The largest absolute Gasteiger partial charge is 0.481 e. The first-order valence-electron chi connectivity index (χ1n) is 7.60. The van der Waals surface area contributed by atoms with Crippen molar-refractivity contribution in [1.29, 1.82) is 0 Å². The van der Waals surface area contributed by atoms with Crippen LogP contribution >= 0.6 is 0 Å². The number of allylic oxidation sites excluding steroid dienone is 2. The van der Waals surface area contributed by atoms with Gasteiger partial charge in [0.05, 0.1) is 11.8 Å². The van der Waals surface area contributed by atoms with E-state index in [2.05, 4.69) is 10.6 Å². The molecule has 0 saturated carbocycles. The number of amides is 2. The van der Waals surface area contributed by atoms with Crippen LogP contribution in [-0.4, -0.2) is 29.4 Å². The van der Waals surface area contributed by atoms with Crippen LogP contribution in [0.15, 0.2) is 36.4 Å². The average Bonchev–Trinajstić information content (AvgIpc) is 2.55. The lowest BCUT2D eigenvalue weighted by atomic mass is 9.82. The van der Waals surface area contributed by atoms with Crippen molar-refractivity contribution in [3.05, 3.63) is 42.0 Å². The van der Waals surface area contributed by atoms with Crippen LogP contribution in [0.5, 0.6) is 0 Å². The van der Waals surface area contributed by atoms with Crippen LogP contribution in [0.3, 0.4) is 0 Å². The Morgan fingerprint density at radius 3 is 2.52 bits per heavy atom. The van der Waals surface area contributed by atoms with E-state index < -0.39 is 17.8 Å². The number of aliphatic carboxylic acids is 1. The van der Waals surface area contributed by atoms with E-state index in [0.717, 1.165) is 0 Å². The van der Waals surface area contributed by atoms with E-state index in [1.807, 2.05) is 13.0 Å². The summed E-state index contributed by atoms with van der Waals surface area (Å²) in [6.07, 6.45) is 4.37. The van der Waals surface area contributed by atoms with Crippen LogP contribution in [0.2, 0.25) is 0 Å². The molecule has 6 nitrogen and oxygen atoms in total. The Kier molecular flexibility index (Phi) is 5.51. The Hall–Kier alpha value is -2.63. The summed E-state index contributed by atoms with van der Waals surface area (Å²) in [5.41, 5.74) is 0.931. The number of benzene rings is 1. The zero-order valence-corrected chi connectivity index (χ0v) is 12.9. The fourth-order valence-corrected chi connectivity index (χ4v) is 2.61. The maximum absolute atomic E-state index is 12.4. The van der Waals surface area contributed by atoms with Crippen LogP contribution in [0.1, 0.15) is 30.1 Å². The summed E-state index contributed by atoms with van der Waals surface area (Å²) in [6, 6.07) is 6.59. The smallest absolute Gasteiger partial charge is 0.307 e. The monoisotopic (exact) mass is 316 g/mol. The molecule has 3 N–H and O–H groups in total. The van der Waals surface area contributed by atoms with Gasteiger partial charge >= 0.3 is 5.97 Å². The predicted molar refractivity (Wildman–Crippen MR) is 86.1 cm³/mol. The quantitative estimate of drug-likeness (QED) is 0.724. The number of carbonyl (C=O) groups excluding carboxylic acids is 2. The molecule has 0 aliphatic heterocycles. The molecular formula is C17H20N2O4. The Balaban J connectivity index is 2.10. The third kappa shape index (κ3) is 4.18. The number of rotatable bonds is 5. The van der Waals surface area contributed by atoms with Gasteiger partial charge in [-0.3, -0.25) is 14.4 Å². The van der Waals surface area contributed by atoms with Gasteiger partial charge in [0, 0.05) is 17.8 Å². The fraction of sp³-hybridized carbons (Fsp3) is 0.353. The third-order valence-corrected chi connectivity index (χ3v) is 3.82. The molecule has 0 bridgehead atoms. The van der Waals surface area contributed by atoms with Crippen molar-refractivity contribution >= 4 is 23.5 Å². The van der Waals surface area contributed by atoms with Crippen molar-refractivity contribution in [3.63, 3.8) is 0 Å². The molecule has 2 atom stereocenters. The van der Waals surface area contributed by atoms with Crippen molar-refractivity contribution in [2.24, 2.45) is 11.8 Å². The lowest BCUT2D eigenvalue weighted by Gasteiger charge is -2.24. The lowest BCUT2D eigenvalue weighted by Crippen LogP contribution is -2.34. The highest BCUT2D eigenvalue weighted by Gasteiger charge is 2.33. The highest BCUT2D eigenvalue weighted by molar-refractivity contribution is 5.98. The van der Waals surface area contributed by atoms with Gasteiger partial charge in [0.2, 0.25) is 5.91 Å². The standard InChI is InChI=1S/C17H20N2O4/c1-2-18-15(20)11-6-5-7-12(10-11)19-16(21)13-8-3-4-9-14(13)17(22)23/h3-7,10,13-14H,2,8-9H2,1H3,(H,18,20)(H,19,21)(H,22,23)/t13-,14+/m0/s1. The van der Waals surface area contributed by atoms with Gasteiger partial charge in [-0.25, -0.2) is 0 Å². The Bertz CT molecular complexity index is 639. The van der Waals surface area contributed by atoms with E-state index in [0.29, 0.717) is 30.6 Å². The van der Waals surface area contributed by atoms with Crippen molar-refractivity contribution < 1.29 is 19.5 Å². The van der Waals surface area contributed by atoms with Crippen molar-refractivity contribution in [3.8, 4) is 0 Å². The molecule has 1 aliphatic carbocycles. The molecule has 23 heavy (non-hydrogen) atoms. The van der Waals surface area contributed by atoms with E-state index in [9.17, 15) is 19.5 Å². The summed E-state index contributed by atoms with van der Waals surface area (Å²) in [4.78, 5) is 35.5. The summed E-state index contributed by atoms with van der Waals surface area (Å²) in [5.74, 6) is -2.84. The zero-order valence-electron chi connectivity index (χ0n) is 12.9. The van der Waals surface area contributed by atoms with Gasteiger partial charge in [-0.2, -0.15) is 0 Å². The van der Waals surface area contributed by atoms with E-state index in [-0.39, 0.29) is 11.8 Å². The molecule has 0 spiro atoms. The minimum Gasteiger partial charge on any atom is -0.481 e. The summed E-state index contributed by atoms with van der Waals surface area (Å²) in [7, 11) is 0. The number of carbonyl (C=O) groups is 3. The molecule has 1 aliphatic rings. The average molecular weight is 316 g/mol. The molecule has 6 heteroatoms. The van der Waals surface area contributed by atoms with Gasteiger partial charge in [-0.05, 0) is 38.0 Å². The van der Waals surface area contributed by atoms with E-state index >= 15 is 0 Å². The molecule has 0 saturated heterocycles. The van der Waals surface area contributed by atoms with Crippen LogP contribution in [0.4, 0.5) is 5.69 Å². The van der Waals surface area contributed by atoms with Crippen LogP contribution < -0.4 is 10.6 Å². The van der Waals surface area contributed by atoms with Gasteiger partial charge in [-0.1, -0.05) is 18.2 Å². The number of carboxylic acid groups (broad SMARTS) is 1. The molecular weight excluding hydrogens is 296 g/mol. The number of hydrogen-bond donors (Lipinski definition) is 3. The minimum absolute atomic E-state index is 0.215. The SMILES string of the molecule is CCNC(=O)c1cccc(NC(=O)[C@H]2CC=CC[C@H]2C(=O)O)c1. The first kappa shape index (κ1) is 16.7. The van der Waals surface area contributed by atoms with Crippen LogP contribution in [-0.2, 0) is 9.59 Å². The molecule has 122 valence electrons. The van der Waals surface area contributed by atoms with Crippen molar-refractivity contribution in [2.75, 3.05) is 11.9 Å². The summed E-state index contributed by atoms with van der Waals surface area (Å²) >= 11 is 0. The normalized spacial score (nSPS) is 19.9. The molecule has 0 radical (unpaired) electrons. The van der Waals surface area contributed by atoms with E-state index in [1.165, 1.54) is 0 Å². The summed E-state index contributed by atoms with van der Waals surface area (Å²) < 4.78 is 0. The lowest BCUT2D eigenvalue weighted by molar-refractivity contribution is -0.146. The van der Waals surface area contributed by atoms with Gasteiger partial charge < -0.3 is 15.7 Å². The summed E-state index contributed by atoms with van der Waals surface area (Å²) in [6.45, 7) is 2.34. The first-order valence-corrected chi connectivity index (χ1v) is 7.60. The van der Waals surface area contributed by atoms with Gasteiger partial charge in [-0.15, -0.1) is 0 Å². The van der Waals surface area contributed by atoms with Crippen LogP contribution in [0, 0.1) is 11.8 Å². The minimum atomic E-state index is -0.967. The van der Waals surface area contributed by atoms with Gasteiger partial charge in [0.1, 0.15) is 0 Å². The molecule has 0 aromatic heterocycles. The van der Waals surface area contributed by atoms with E-state index in [4.69, 9.17) is 0 Å². The molecule has 0 heterocycles. The Morgan fingerprint density at radius 2 is 1.87 bits per heavy atom. The zero-order chi connectivity index (χ0) is 16.8. The molecule has 2 rings (SSSR count). The maximum atomic E-state index is 12.4. The Labute approximate surface area is 134 Å². The number of hydrogen-bond acceptors (Lipinski definition) is 3. The number of anilines is 1. The second kappa shape index (κ2) is 7.58. The predicted octanol–water partition coefficient (Wildman–Crippen LogP) is 2.04. The van der Waals surface area contributed by atoms with E-state index in [1.54, 1.807) is 30.3 Å². The summed E-state index contributed by atoms with van der Waals surface area (Å²) in [5, 5.41) is 14.6. The molecule has 1 aromatic carbocycles. The third-order valence-electron chi connectivity index (χ3n) is 3.82. The highest BCUT2D eigenvalue weighted by atomic mass is 16.4. The first-order chi connectivity index (χ1) is 11.0. The molecule has 0 fully saturated rings. The number of carboxylic acids is 1. The molecule has 2 amide bonds. The Morgan fingerprint density at radius 1 is 1.17 bits per heavy atom. The van der Waals surface area contributed by atoms with Crippen LogP contribution in [0.25, 0.3) is 0 Å². The van der Waals surface area contributed by atoms with Gasteiger partial charge in [0.15, 0.2) is 0 Å². The maximum Gasteiger partial charge on any atom is 0.307 e. The molecule has 0 unspecified atom stereocenters. The van der Waals surface area contributed by atoms with Crippen molar-refractivity contribution in [1.82, 2.24) is 5.32 Å². The fourth-order valence-electron chi connectivity index (χ4n) is 2.61. The highest BCUT2D eigenvalue weighted by Crippen LogP contribution is 2.27. The second-order valence-corrected chi connectivity index (χ2v) is 5.42. The van der Waals surface area contributed by atoms with Gasteiger partial charge in [0.25, 0.3) is 5.91 Å². The van der Waals surface area contributed by atoms with Crippen molar-refractivity contribution in [2.45, 2.75) is 19.8 Å².